The molecule has 14 heavy (non-hydrogen) atoms. The lowest BCUT2D eigenvalue weighted by molar-refractivity contribution is 0.0247. The van der Waals surface area contributed by atoms with E-state index in [0.29, 0.717) is 11.3 Å². The monoisotopic (exact) mass is 196 g/mol. The third kappa shape index (κ3) is 2.23. The van der Waals surface area contributed by atoms with Gasteiger partial charge in [0.15, 0.2) is 0 Å². The number of aliphatic hydroxyl groups is 2. The van der Waals surface area contributed by atoms with Gasteiger partial charge in [-0.05, 0) is 13.0 Å². The molecule has 0 aliphatic heterocycles. The van der Waals surface area contributed by atoms with Crippen molar-refractivity contribution in [3.63, 3.8) is 0 Å². The standard InChI is InChI=1S/C10H16N2O2/c1-6-2-3-8(12)7(4-6)10(14)9(13)5-11/h2-4,9-10,13-14H,5,11-12H2,1H3. The molecule has 0 saturated carbocycles. The van der Waals surface area contributed by atoms with E-state index in [0.717, 1.165) is 5.56 Å². The van der Waals surface area contributed by atoms with Crippen molar-refractivity contribution in [2.75, 3.05) is 12.3 Å². The Labute approximate surface area is 83.2 Å². The van der Waals surface area contributed by atoms with Crippen LogP contribution in [0.15, 0.2) is 18.2 Å². The number of benzene rings is 1. The summed E-state index contributed by atoms with van der Waals surface area (Å²) in [6.07, 6.45) is -1.99. The molecule has 0 saturated heterocycles. The largest absolute Gasteiger partial charge is 0.398 e. The van der Waals surface area contributed by atoms with Gasteiger partial charge in [-0.2, -0.15) is 0 Å². The van der Waals surface area contributed by atoms with E-state index in [1.54, 1.807) is 12.1 Å². The lowest BCUT2D eigenvalue weighted by Crippen LogP contribution is -2.27. The van der Waals surface area contributed by atoms with Crippen molar-refractivity contribution in [2.24, 2.45) is 5.73 Å². The van der Waals surface area contributed by atoms with Gasteiger partial charge in [-0.1, -0.05) is 17.7 Å². The van der Waals surface area contributed by atoms with Crippen LogP contribution in [0, 0.1) is 6.92 Å². The molecule has 1 aromatic carbocycles. The van der Waals surface area contributed by atoms with Crippen molar-refractivity contribution in [3.05, 3.63) is 29.3 Å². The molecule has 0 fully saturated rings. The lowest BCUT2D eigenvalue weighted by atomic mass is 10.0. The summed E-state index contributed by atoms with van der Waals surface area (Å²) in [7, 11) is 0. The average molecular weight is 196 g/mol. The molecule has 0 aromatic heterocycles. The molecule has 0 amide bonds. The van der Waals surface area contributed by atoms with Gasteiger partial charge in [-0.15, -0.1) is 0 Å². The molecule has 6 N–H and O–H groups in total. The van der Waals surface area contributed by atoms with Crippen molar-refractivity contribution in [1.82, 2.24) is 0 Å². The van der Waals surface area contributed by atoms with Gasteiger partial charge in [0.2, 0.25) is 0 Å². The minimum atomic E-state index is -1.01. The summed E-state index contributed by atoms with van der Waals surface area (Å²) in [5.74, 6) is 0. The molecule has 0 aliphatic carbocycles. The third-order valence-corrected chi connectivity index (χ3v) is 2.17. The predicted molar refractivity (Wildman–Crippen MR) is 55.6 cm³/mol. The molecule has 2 atom stereocenters. The van der Waals surface area contributed by atoms with Crippen LogP contribution < -0.4 is 11.5 Å². The van der Waals surface area contributed by atoms with Crippen LogP contribution in [-0.4, -0.2) is 22.9 Å². The Kier molecular flexibility index (Phi) is 3.46. The van der Waals surface area contributed by atoms with Crippen LogP contribution in [-0.2, 0) is 0 Å². The van der Waals surface area contributed by atoms with Crippen molar-refractivity contribution in [2.45, 2.75) is 19.1 Å². The van der Waals surface area contributed by atoms with Gasteiger partial charge in [0.05, 0.1) is 6.10 Å². The van der Waals surface area contributed by atoms with Crippen molar-refractivity contribution < 1.29 is 10.2 Å². The molecule has 0 radical (unpaired) electrons. The van der Waals surface area contributed by atoms with Crippen LogP contribution in [0.4, 0.5) is 5.69 Å². The van der Waals surface area contributed by atoms with E-state index in [1.807, 2.05) is 13.0 Å². The number of anilines is 1. The zero-order chi connectivity index (χ0) is 10.7. The van der Waals surface area contributed by atoms with E-state index < -0.39 is 12.2 Å². The second kappa shape index (κ2) is 4.41. The molecule has 4 heteroatoms. The quantitative estimate of drug-likeness (QED) is 0.509. The van der Waals surface area contributed by atoms with Gasteiger partial charge < -0.3 is 21.7 Å². The first-order valence-electron chi connectivity index (χ1n) is 4.48. The smallest absolute Gasteiger partial charge is 0.108 e. The van der Waals surface area contributed by atoms with Gasteiger partial charge >= 0.3 is 0 Å². The molecule has 0 heterocycles. The van der Waals surface area contributed by atoms with E-state index in [1.165, 1.54) is 0 Å². The van der Waals surface area contributed by atoms with E-state index >= 15 is 0 Å². The lowest BCUT2D eigenvalue weighted by Gasteiger charge is -2.18. The van der Waals surface area contributed by atoms with Crippen LogP contribution in [0.5, 0.6) is 0 Å². The summed E-state index contributed by atoms with van der Waals surface area (Å²) in [4.78, 5) is 0. The van der Waals surface area contributed by atoms with Crippen LogP contribution in [0.3, 0.4) is 0 Å². The average Bonchev–Trinajstić information content (AvgIpc) is 2.19. The molecule has 78 valence electrons. The summed E-state index contributed by atoms with van der Waals surface area (Å²) in [5, 5.41) is 19.0. The molecular weight excluding hydrogens is 180 g/mol. The van der Waals surface area contributed by atoms with E-state index in [-0.39, 0.29) is 6.54 Å². The Morgan fingerprint density at radius 2 is 2.00 bits per heavy atom. The first-order valence-corrected chi connectivity index (χ1v) is 4.48. The summed E-state index contributed by atoms with van der Waals surface area (Å²) < 4.78 is 0. The number of hydrogen-bond acceptors (Lipinski definition) is 4. The Morgan fingerprint density at radius 1 is 1.36 bits per heavy atom. The number of hydrogen-bond donors (Lipinski definition) is 4. The van der Waals surface area contributed by atoms with Crippen LogP contribution in [0.2, 0.25) is 0 Å². The zero-order valence-electron chi connectivity index (χ0n) is 8.14. The van der Waals surface area contributed by atoms with Gasteiger partial charge in [0.1, 0.15) is 6.10 Å². The van der Waals surface area contributed by atoms with Crippen molar-refractivity contribution in [1.29, 1.82) is 0 Å². The number of nitrogen functional groups attached to an aromatic ring is 1. The second-order valence-electron chi connectivity index (χ2n) is 3.38. The van der Waals surface area contributed by atoms with Gasteiger partial charge in [-0.25, -0.2) is 0 Å². The van der Waals surface area contributed by atoms with E-state index in [9.17, 15) is 10.2 Å². The summed E-state index contributed by atoms with van der Waals surface area (Å²) >= 11 is 0. The van der Waals surface area contributed by atoms with E-state index in [2.05, 4.69) is 0 Å². The topological polar surface area (TPSA) is 92.5 Å². The third-order valence-electron chi connectivity index (χ3n) is 2.17. The fourth-order valence-electron chi connectivity index (χ4n) is 1.29. The fourth-order valence-corrected chi connectivity index (χ4v) is 1.29. The van der Waals surface area contributed by atoms with Gasteiger partial charge in [0.25, 0.3) is 0 Å². The maximum atomic E-state index is 9.68. The maximum absolute atomic E-state index is 9.68. The highest BCUT2D eigenvalue weighted by molar-refractivity contribution is 5.49. The molecule has 4 nitrogen and oxygen atoms in total. The minimum absolute atomic E-state index is 0.00848. The van der Waals surface area contributed by atoms with Crippen LogP contribution in [0.25, 0.3) is 0 Å². The number of nitrogens with two attached hydrogens (primary N) is 2. The summed E-state index contributed by atoms with van der Waals surface area (Å²) in [6.45, 7) is 1.90. The van der Waals surface area contributed by atoms with Crippen LogP contribution >= 0.6 is 0 Å². The number of aryl methyl sites for hydroxylation is 1. The fraction of sp³-hybridized carbons (Fsp3) is 0.400. The molecule has 1 rings (SSSR count). The van der Waals surface area contributed by atoms with Gasteiger partial charge in [-0.3, -0.25) is 0 Å². The highest BCUT2D eigenvalue weighted by Crippen LogP contribution is 2.23. The molecule has 0 aliphatic rings. The second-order valence-corrected chi connectivity index (χ2v) is 3.38. The normalized spacial score (nSPS) is 15.1. The maximum Gasteiger partial charge on any atom is 0.108 e. The molecule has 2 unspecified atom stereocenters. The molecule has 0 bridgehead atoms. The Balaban J connectivity index is 2.99. The van der Waals surface area contributed by atoms with Crippen LogP contribution in [0.1, 0.15) is 17.2 Å². The van der Waals surface area contributed by atoms with Crippen molar-refractivity contribution in [3.8, 4) is 0 Å². The summed E-state index contributed by atoms with van der Waals surface area (Å²) in [6, 6.07) is 5.30. The Bertz CT molecular complexity index is 315. The SMILES string of the molecule is Cc1ccc(N)c(C(O)C(O)CN)c1. The van der Waals surface area contributed by atoms with Crippen molar-refractivity contribution >= 4 is 5.69 Å². The summed E-state index contributed by atoms with van der Waals surface area (Å²) in [5.41, 5.74) is 12.9. The highest BCUT2D eigenvalue weighted by atomic mass is 16.3. The minimum Gasteiger partial charge on any atom is -0.398 e. The number of rotatable bonds is 3. The molecule has 0 spiro atoms. The predicted octanol–water partition coefficient (Wildman–Crippen LogP) is -0.0698. The Morgan fingerprint density at radius 3 is 2.57 bits per heavy atom. The Hall–Kier alpha value is -1.10. The first kappa shape index (κ1) is 11.0. The van der Waals surface area contributed by atoms with Gasteiger partial charge in [0, 0.05) is 17.8 Å². The molecule has 1 aromatic rings. The van der Waals surface area contributed by atoms with E-state index in [4.69, 9.17) is 11.5 Å². The number of aliphatic hydroxyl groups excluding tert-OH is 2. The molecular formula is C10H16N2O2. The zero-order valence-corrected chi connectivity index (χ0v) is 8.14. The highest BCUT2D eigenvalue weighted by Gasteiger charge is 2.18. The first-order chi connectivity index (χ1) is 6.56.